The van der Waals surface area contributed by atoms with Gasteiger partial charge in [0.05, 0.1) is 16.7 Å². The highest BCUT2D eigenvalue weighted by molar-refractivity contribution is 7.26. The van der Waals surface area contributed by atoms with Crippen LogP contribution >= 0.6 is 22.7 Å². The topological polar surface area (TPSA) is 43.6 Å². The predicted octanol–water partition coefficient (Wildman–Crippen LogP) is 21.0. The maximum atomic E-state index is 5.53. The lowest BCUT2D eigenvalue weighted by Gasteiger charge is -2.22. The summed E-state index contributed by atoms with van der Waals surface area (Å²) in [5, 5.41) is 7.31. The van der Waals surface area contributed by atoms with Gasteiger partial charge in [-0.25, -0.2) is 15.0 Å². The Labute approximate surface area is 475 Å². The van der Waals surface area contributed by atoms with Crippen LogP contribution in [0.15, 0.2) is 279 Å². The molecule has 0 atom stereocenters. The summed E-state index contributed by atoms with van der Waals surface area (Å²) in [6.45, 7) is 0. The van der Waals surface area contributed by atoms with Crippen molar-refractivity contribution in [3.05, 3.63) is 279 Å². The van der Waals surface area contributed by atoms with Crippen molar-refractivity contribution in [2.75, 3.05) is 0 Å². The van der Waals surface area contributed by atoms with E-state index in [9.17, 15) is 0 Å². The highest BCUT2D eigenvalue weighted by Gasteiger charge is 2.26. The Bertz CT molecular complexity index is 4890. The predicted molar refractivity (Wildman–Crippen MR) is 343 cm³/mol. The molecule has 0 saturated heterocycles. The largest absolute Gasteiger partial charge is 0.307 e. The molecule has 0 N–H and O–H groups in total. The number of hydrogen-bond donors (Lipinski definition) is 0. The summed E-state index contributed by atoms with van der Waals surface area (Å²) < 4.78 is 7.45. The SMILES string of the molecule is c1ccc(-c2ccc3c(c2)c2cc(-c4ccccc4)cc(-c4ccccc4)c2n3-c2c(-c3ccccc3)cc(-c3nc(-c4ccc5c(c4)sc4ccccc45)nc(-c4ccc5c(c4)sc4ccccc45)n3)cc2-c2ccccc2)cc1. The first kappa shape index (κ1) is 46.9. The van der Waals surface area contributed by atoms with Gasteiger partial charge in [-0.05, 0) is 99.6 Å². The molecule has 0 fully saturated rings. The van der Waals surface area contributed by atoms with Gasteiger partial charge < -0.3 is 4.57 Å². The van der Waals surface area contributed by atoms with Gasteiger partial charge >= 0.3 is 0 Å². The summed E-state index contributed by atoms with van der Waals surface area (Å²) in [6, 6.07) is 101. The first-order chi connectivity index (χ1) is 40.1. The smallest absolute Gasteiger partial charge is 0.164 e. The molecule has 0 bridgehead atoms. The average molecular weight is 1070 g/mol. The molecule has 0 aliphatic rings. The van der Waals surface area contributed by atoms with Crippen LogP contribution in [0.4, 0.5) is 0 Å². The van der Waals surface area contributed by atoms with Gasteiger partial charge in [-0.3, -0.25) is 0 Å². The molecule has 0 radical (unpaired) electrons. The molecule has 0 aliphatic carbocycles. The Morgan fingerprint density at radius 2 is 0.617 bits per heavy atom. The van der Waals surface area contributed by atoms with E-state index in [0.29, 0.717) is 17.5 Å². The zero-order valence-electron chi connectivity index (χ0n) is 43.7. The van der Waals surface area contributed by atoms with E-state index >= 15 is 0 Å². The maximum Gasteiger partial charge on any atom is 0.164 e. The molecule has 0 aliphatic heterocycles. The molecular weight excluding hydrogens is 1020 g/mol. The lowest BCUT2D eigenvalue weighted by Crippen LogP contribution is -2.04. The van der Waals surface area contributed by atoms with E-state index in [1.807, 2.05) is 0 Å². The van der Waals surface area contributed by atoms with E-state index in [1.165, 1.54) is 62.2 Å². The molecule has 81 heavy (non-hydrogen) atoms. The fourth-order valence-corrected chi connectivity index (χ4v) is 14.3. The van der Waals surface area contributed by atoms with Gasteiger partial charge in [0.25, 0.3) is 0 Å². The summed E-state index contributed by atoms with van der Waals surface area (Å²) in [7, 11) is 0. The summed E-state index contributed by atoms with van der Waals surface area (Å²) in [5.74, 6) is 1.84. The summed E-state index contributed by atoms with van der Waals surface area (Å²) in [6.07, 6.45) is 0. The Hall–Kier alpha value is -10.1. The highest BCUT2D eigenvalue weighted by atomic mass is 32.1. The first-order valence-electron chi connectivity index (χ1n) is 27.3. The van der Waals surface area contributed by atoms with Crippen LogP contribution in [0.1, 0.15) is 0 Å². The molecule has 378 valence electrons. The zero-order chi connectivity index (χ0) is 53.4. The van der Waals surface area contributed by atoms with Crippen molar-refractivity contribution < 1.29 is 0 Å². The van der Waals surface area contributed by atoms with Crippen LogP contribution in [0.25, 0.3) is 158 Å². The summed E-state index contributed by atoms with van der Waals surface area (Å²) in [4.78, 5) is 16.4. The Morgan fingerprint density at radius 1 is 0.235 bits per heavy atom. The number of fused-ring (bicyclic) bond motifs is 9. The number of nitrogens with zero attached hydrogens (tertiary/aromatic N) is 4. The van der Waals surface area contributed by atoms with Gasteiger partial charge in [0, 0.05) is 84.5 Å². The Kier molecular flexibility index (Phi) is 11.2. The molecule has 0 spiro atoms. The molecule has 4 aromatic heterocycles. The fourth-order valence-electron chi connectivity index (χ4n) is 12.0. The van der Waals surface area contributed by atoms with E-state index in [2.05, 4.69) is 284 Å². The lowest BCUT2D eigenvalue weighted by molar-refractivity contribution is 1.07. The quantitative estimate of drug-likeness (QED) is 0.145. The van der Waals surface area contributed by atoms with Crippen molar-refractivity contribution in [1.82, 2.24) is 19.5 Å². The fraction of sp³-hybridized carbons (Fsp3) is 0. The van der Waals surface area contributed by atoms with E-state index in [-0.39, 0.29) is 0 Å². The van der Waals surface area contributed by atoms with Crippen LogP contribution in [0.3, 0.4) is 0 Å². The minimum Gasteiger partial charge on any atom is -0.307 e. The van der Waals surface area contributed by atoms with Crippen molar-refractivity contribution in [3.63, 3.8) is 0 Å². The second kappa shape index (κ2) is 19.4. The second-order valence-electron chi connectivity index (χ2n) is 20.7. The van der Waals surface area contributed by atoms with Crippen molar-refractivity contribution in [1.29, 1.82) is 0 Å². The van der Waals surface area contributed by atoms with Gasteiger partial charge in [0.2, 0.25) is 0 Å². The molecule has 16 rings (SSSR count). The van der Waals surface area contributed by atoms with E-state index in [1.54, 1.807) is 22.7 Å². The van der Waals surface area contributed by atoms with Crippen LogP contribution in [-0.2, 0) is 0 Å². The Balaban J connectivity index is 1.00. The number of benzene rings is 12. The summed E-state index contributed by atoms with van der Waals surface area (Å²) in [5.41, 5.74) is 17.2. The molecule has 12 aromatic carbocycles. The normalized spacial score (nSPS) is 11.7. The van der Waals surface area contributed by atoms with Gasteiger partial charge in [-0.2, -0.15) is 0 Å². The molecule has 0 saturated carbocycles. The lowest BCUT2D eigenvalue weighted by atomic mass is 9.92. The summed E-state index contributed by atoms with van der Waals surface area (Å²) >= 11 is 3.60. The average Bonchev–Trinajstić information content (AvgIpc) is 4.14. The number of thiophene rings is 2. The third-order valence-corrected chi connectivity index (χ3v) is 18.1. The molecular formula is C75H46N4S2. The minimum absolute atomic E-state index is 0.594. The number of aromatic nitrogens is 4. The van der Waals surface area contributed by atoms with Crippen LogP contribution in [-0.4, -0.2) is 19.5 Å². The van der Waals surface area contributed by atoms with Crippen LogP contribution in [0.5, 0.6) is 0 Å². The van der Waals surface area contributed by atoms with Crippen molar-refractivity contribution in [2.45, 2.75) is 0 Å². The van der Waals surface area contributed by atoms with Gasteiger partial charge in [0.15, 0.2) is 17.5 Å². The molecule has 6 heteroatoms. The standard InChI is InChI=1S/C75H46N4S2/c1-6-20-47(21-7-1)52-36-39-66-64(40-52)65-42-55(48-22-8-2-9-23-48)41-61(49-24-10-3-11-25-49)72(65)79(66)71-62(50-26-12-4-13-27-50)43-56(44-63(71)51-28-14-5-15-29-51)75-77-73(53-34-37-59-57-30-16-18-32-67(57)80-69(59)45-53)76-74(78-75)54-35-38-60-58-31-17-19-33-68(58)81-70(60)46-54/h1-46H. The third-order valence-electron chi connectivity index (χ3n) is 15.8. The number of rotatable bonds is 9. The number of hydrogen-bond acceptors (Lipinski definition) is 5. The van der Waals surface area contributed by atoms with E-state index in [4.69, 9.17) is 15.0 Å². The van der Waals surface area contributed by atoms with Crippen molar-refractivity contribution in [2.24, 2.45) is 0 Å². The van der Waals surface area contributed by atoms with Gasteiger partial charge in [-0.1, -0.05) is 218 Å². The van der Waals surface area contributed by atoms with E-state index < -0.39 is 0 Å². The van der Waals surface area contributed by atoms with Crippen molar-refractivity contribution >= 4 is 84.8 Å². The molecule has 4 heterocycles. The molecule has 4 nitrogen and oxygen atoms in total. The van der Waals surface area contributed by atoms with Crippen LogP contribution in [0, 0.1) is 0 Å². The molecule has 16 aromatic rings. The monoisotopic (exact) mass is 1070 g/mol. The Morgan fingerprint density at radius 3 is 1.12 bits per heavy atom. The molecule has 0 unspecified atom stereocenters. The van der Waals surface area contributed by atoms with Crippen LogP contribution in [0.2, 0.25) is 0 Å². The molecule has 0 amide bonds. The van der Waals surface area contributed by atoms with Crippen molar-refractivity contribution in [3.8, 4) is 95.5 Å². The van der Waals surface area contributed by atoms with Crippen LogP contribution < -0.4 is 0 Å². The highest BCUT2D eigenvalue weighted by Crippen LogP contribution is 2.48. The minimum atomic E-state index is 0.594. The van der Waals surface area contributed by atoms with E-state index in [0.717, 1.165) is 77.9 Å². The van der Waals surface area contributed by atoms with Gasteiger partial charge in [0.1, 0.15) is 0 Å². The third kappa shape index (κ3) is 8.14. The van der Waals surface area contributed by atoms with Gasteiger partial charge in [-0.15, -0.1) is 22.7 Å². The zero-order valence-corrected chi connectivity index (χ0v) is 45.3. The second-order valence-corrected chi connectivity index (χ2v) is 22.8. The first-order valence-corrected chi connectivity index (χ1v) is 28.9. The maximum absolute atomic E-state index is 5.53.